The molecule has 0 bridgehead atoms. The minimum Gasteiger partial charge on any atom is -0.379 e. The van der Waals surface area contributed by atoms with E-state index in [0.717, 1.165) is 6.54 Å². The molecule has 1 N–H and O–H groups in total. The number of nitrogens with one attached hydrogen (secondary N) is 1. The van der Waals surface area contributed by atoms with Crippen LogP contribution in [0.5, 0.6) is 0 Å². The Morgan fingerprint density at radius 1 is 1.35 bits per heavy atom. The van der Waals surface area contributed by atoms with Gasteiger partial charge in [-0.1, -0.05) is 0 Å². The van der Waals surface area contributed by atoms with Crippen molar-refractivity contribution in [3.8, 4) is 0 Å². The molecule has 128 valence electrons. The SMILES string of the molecule is CC1CN(C(=O)c2sccc2S(=O)(=O)N2CCOCC2)CCN1. The molecule has 23 heavy (non-hydrogen) atoms. The highest BCUT2D eigenvalue weighted by Gasteiger charge is 2.33. The van der Waals surface area contributed by atoms with E-state index in [1.807, 2.05) is 6.92 Å². The molecule has 1 unspecified atom stereocenters. The van der Waals surface area contributed by atoms with E-state index in [9.17, 15) is 13.2 Å². The zero-order valence-corrected chi connectivity index (χ0v) is 14.7. The van der Waals surface area contributed by atoms with Crippen LogP contribution in [0, 0.1) is 0 Å². The minimum atomic E-state index is -3.65. The molecule has 2 saturated heterocycles. The quantitative estimate of drug-likeness (QED) is 0.834. The van der Waals surface area contributed by atoms with Gasteiger partial charge in [-0.2, -0.15) is 4.31 Å². The lowest BCUT2D eigenvalue weighted by Gasteiger charge is -2.32. The predicted molar refractivity (Wildman–Crippen MR) is 87.3 cm³/mol. The van der Waals surface area contributed by atoms with Crippen LogP contribution in [0.1, 0.15) is 16.6 Å². The fraction of sp³-hybridized carbons (Fsp3) is 0.643. The van der Waals surface area contributed by atoms with Gasteiger partial charge in [-0.3, -0.25) is 4.79 Å². The Morgan fingerprint density at radius 3 is 2.78 bits per heavy atom. The van der Waals surface area contributed by atoms with Crippen LogP contribution in [0.3, 0.4) is 0 Å². The lowest BCUT2D eigenvalue weighted by Crippen LogP contribution is -2.51. The molecule has 9 heteroatoms. The first kappa shape index (κ1) is 16.8. The van der Waals surface area contributed by atoms with Crippen LogP contribution in [-0.2, 0) is 14.8 Å². The number of carbonyl (C=O) groups excluding carboxylic acids is 1. The first-order valence-corrected chi connectivity index (χ1v) is 10.00. The molecular formula is C14H21N3O4S2. The number of thiophene rings is 1. The third-order valence-electron chi connectivity index (χ3n) is 4.07. The Kier molecular flexibility index (Phi) is 5.02. The van der Waals surface area contributed by atoms with Gasteiger partial charge in [-0.25, -0.2) is 8.42 Å². The first-order chi connectivity index (χ1) is 11.0. The second kappa shape index (κ2) is 6.86. The number of hydrogen-bond acceptors (Lipinski definition) is 6. The highest BCUT2D eigenvalue weighted by Crippen LogP contribution is 2.27. The van der Waals surface area contributed by atoms with Crippen LogP contribution in [0.2, 0.25) is 0 Å². The van der Waals surface area contributed by atoms with Crippen LogP contribution in [0.4, 0.5) is 0 Å². The van der Waals surface area contributed by atoms with E-state index in [2.05, 4.69) is 5.32 Å². The van der Waals surface area contributed by atoms with Crippen LogP contribution in [0.15, 0.2) is 16.3 Å². The number of ether oxygens (including phenoxy) is 1. The molecule has 2 fully saturated rings. The highest BCUT2D eigenvalue weighted by atomic mass is 32.2. The summed E-state index contributed by atoms with van der Waals surface area (Å²) < 4.78 is 32.2. The lowest BCUT2D eigenvalue weighted by atomic mass is 10.2. The molecule has 2 aliphatic rings. The molecular weight excluding hydrogens is 338 g/mol. The molecule has 0 aliphatic carbocycles. The molecule has 0 saturated carbocycles. The Hall–Kier alpha value is -1.00. The van der Waals surface area contributed by atoms with Gasteiger partial charge in [0.2, 0.25) is 10.0 Å². The summed E-state index contributed by atoms with van der Waals surface area (Å²) in [6, 6.07) is 1.75. The van der Waals surface area contributed by atoms with E-state index < -0.39 is 10.0 Å². The molecule has 7 nitrogen and oxygen atoms in total. The van der Waals surface area contributed by atoms with Crippen molar-refractivity contribution in [2.45, 2.75) is 17.9 Å². The summed E-state index contributed by atoms with van der Waals surface area (Å²) in [6.45, 7) is 5.37. The zero-order valence-electron chi connectivity index (χ0n) is 13.0. The smallest absolute Gasteiger partial charge is 0.265 e. The second-order valence-corrected chi connectivity index (χ2v) is 8.56. The monoisotopic (exact) mass is 359 g/mol. The number of sulfonamides is 1. The predicted octanol–water partition coefficient (Wildman–Crippen LogP) is 0.203. The number of rotatable bonds is 3. The van der Waals surface area contributed by atoms with Gasteiger partial charge in [0.1, 0.15) is 9.77 Å². The van der Waals surface area contributed by atoms with Gasteiger partial charge in [0.15, 0.2) is 0 Å². The van der Waals surface area contributed by atoms with E-state index >= 15 is 0 Å². The minimum absolute atomic E-state index is 0.126. The molecule has 3 heterocycles. The number of piperazine rings is 1. The van der Waals surface area contributed by atoms with Crippen LogP contribution < -0.4 is 5.32 Å². The lowest BCUT2D eigenvalue weighted by molar-refractivity contribution is 0.0705. The van der Waals surface area contributed by atoms with Crippen molar-refractivity contribution >= 4 is 27.3 Å². The van der Waals surface area contributed by atoms with Crippen LogP contribution in [-0.4, -0.2) is 75.5 Å². The van der Waals surface area contributed by atoms with Gasteiger partial charge in [0, 0.05) is 38.8 Å². The molecule has 0 spiro atoms. The van der Waals surface area contributed by atoms with Gasteiger partial charge >= 0.3 is 0 Å². The van der Waals surface area contributed by atoms with Crippen LogP contribution >= 0.6 is 11.3 Å². The third kappa shape index (κ3) is 3.43. The Balaban J connectivity index is 1.85. The molecule has 1 aromatic heterocycles. The normalized spacial score (nSPS) is 23.9. The summed E-state index contributed by atoms with van der Waals surface area (Å²) in [4.78, 5) is 14.9. The highest BCUT2D eigenvalue weighted by molar-refractivity contribution is 7.89. The largest absolute Gasteiger partial charge is 0.379 e. The maximum atomic E-state index is 12.8. The standard InChI is InChI=1S/C14H21N3O4S2/c1-11-10-16(4-3-15-11)14(18)13-12(2-9-22-13)23(19,20)17-5-7-21-8-6-17/h2,9,11,15H,3-8,10H2,1H3. The maximum Gasteiger partial charge on any atom is 0.265 e. The summed E-state index contributed by atoms with van der Waals surface area (Å²) in [6.07, 6.45) is 0. The fourth-order valence-electron chi connectivity index (χ4n) is 2.84. The number of nitrogens with zero attached hydrogens (tertiary/aromatic N) is 2. The van der Waals surface area contributed by atoms with Gasteiger partial charge in [0.05, 0.1) is 13.2 Å². The van der Waals surface area contributed by atoms with Gasteiger partial charge in [0.25, 0.3) is 5.91 Å². The number of carbonyl (C=O) groups is 1. The van der Waals surface area contributed by atoms with Crippen molar-refractivity contribution in [1.29, 1.82) is 0 Å². The van der Waals surface area contributed by atoms with Crippen molar-refractivity contribution in [3.63, 3.8) is 0 Å². The molecule has 0 radical (unpaired) electrons. The van der Waals surface area contributed by atoms with E-state index in [1.54, 1.807) is 10.3 Å². The van der Waals surface area contributed by atoms with E-state index in [-0.39, 0.29) is 16.8 Å². The van der Waals surface area contributed by atoms with Gasteiger partial charge in [-0.15, -0.1) is 11.3 Å². The van der Waals surface area contributed by atoms with Crippen molar-refractivity contribution < 1.29 is 17.9 Å². The number of amides is 1. The van der Waals surface area contributed by atoms with Gasteiger partial charge in [-0.05, 0) is 18.4 Å². The Labute approximate surface area is 140 Å². The number of morpholine rings is 1. The van der Waals surface area contributed by atoms with E-state index in [4.69, 9.17) is 4.74 Å². The van der Waals surface area contributed by atoms with Gasteiger partial charge < -0.3 is 15.0 Å². The molecule has 1 atom stereocenters. The molecule has 1 aromatic rings. The molecule has 3 rings (SSSR count). The topological polar surface area (TPSA) is 79.0 Å². The van der Waals surface area contributed by atoms with Crippen molar-refractivity contribution in [2.24, 2.45) is 0 Å². The average Bonchev–Trinajstić information content (AvgIpc) is 3.05. The zero-order chi connectivity index (χ0) is 16.4. The van der Waals surface area contributed by atoms with E-state index in [1.165, 1.54) is 21.7 Å². The molecule has 0 aromatic carbocycles. The summed E-state index contributed by atoms with van der Waals surface area (Å²) in [5.74, 6) is -0.194. The van der Waals surface area contributed by atoms with Crippen molar-refractivity contribution in [3.05, 3.63) is 16.3 Å². The van der Waals surface area contributed by atoms with Crippen LogP contribution in [0.25, 0.3) is 0 Å². The number of hydrogen-bond donors (Lipinski definition) is 1. The van der Waals surface area contributed by atoms with Crippen molar-refractivity contribution in [2.75, 3.05) is 45.9 Å². The molecule has 2 aliphatic heterocycles. The average molecular weight is 359 g/mol. The van der Waals surface area contributed by atoms with Crippen molar-refractivity contribution in [1.82, 2.24) is 14.5 Å². The summed E-state index contributed by atoms with van der Waals surface area (Å²) in [5, 5.41) is 4.95. The Morgan fingerprint density at radius 2 is 2.09 bits per heavy atom. The third-order valence-corrected chi connectivity index (χ3v) is 7.04. The first-order valence-electron chi connectivity index (χ1n) is 7.68. The van der Waals surface area contributed by atoms with E-state index in [0.29, 0.717) is 44.3 Å². The fourth-order valence-corrected chi connectivity index (χ4v) is 5.61. The second-order valence-electron chi connectivity index (χ2n) is 5.74. The molecule has 1 amide bonds. The Bertz CT molecular complexity index is 667. The summed E-state index contributed by atoms with van der Waals surface area (Å²) in [5.41, 5.74) is 0. The maximum absolute atomic E-state index is 12.8. The summed E-state index contributed by atoms with van der Waals surface area (Å²) in [7, 11) is -3.65. The summed E-state index contributed by atoms with van der Waals surface area (Å²) >= 11 is 1.19.